The Morgan fingerprint density at radius 1 is 1.20 bits per heavy atom. The van der Waals surface area contributed by atoms with Gasteiger partial charge in [0.1, 0.15) is 0 Å². The SMILES string of the molecule is CC1CCC(CN2CC3(CCCC3)NCC2C(C)C)C1. The summed E-state index contributed by atoms with van der Waals surface area (Å²) in [6, 6.07) is 0.761. The second-order valence-corrected chi connectivity index (χ2v) is 8.39. The van der Waals surface area contributed by atoms with E-state index in [9.17, 15) is 0 Å². The minimum absolute atomic E-state index is 0.482. The van der Waals surface area contributed by atoms with Gasteiger partial charge in [0.15, 0.2) is 0 Å². The smallest absolute Gasteiger partial charge is 0.0309 e. The summed E-state index contributed by atoms with van der Waals surface area (Å²) in [4.78, 5) is 2.88. The van der Waals surface area contributed by atoms with E-state index in [4.69, 9.17) is 0 Å². The molecular formula is C18H34N2. The molecule has 0 aromatic heterocycles. The molecule has 2 saturated carbocycles. The first kappa shape index (κ1) is 14.8. The lowest BCUT2D eigenvalue weighted by Crippen LogP contribution is -2.64. The summed E-state index contributed by atoms with van der Waals surface area (Å²) in [6.07, 6.45) is 10.1. The highest BCUT2D eigenvalue weighted by atomic mass is 15.3. The number of piperazine rings is 1. The van der Waals surface area contributed by atoms with Crippen molar-refractivity contribution < 1.29 is 0 Å². The van der Waals surface area contributed by atoms with E-state index in [0.717, 1.165) is 23.8 Å². The predicted octanol–water partition coefficient (Wildman–Crippen LogP) is 3.67. The van der Waals surface area contributed by atoms with Crippen LogP contribution in [0.25, 0.3) is 0 Å². The summed E-state index contributed by atoms with van der Waals surface area (Å²) >= 11 is 0. The number of nitrogens with zero attached hydrogens (tertiary/aromatic N) is 1. The van der Waals surface area contributed by atoms with Crippen molar-refractivity contribution in [3.8, 4) is 0 Å². The van der Waals surface area contributed by atoms with E-state index in [0.29, 0.717) is 5.54 Å². The topological polar surface area (TPSA) is 15.3 Å². The van der Waals surface area contributed by atoms with E-state index < -0.39 is 0 Å². The normalized spacial score (nSPS) is 38.1. The molecule has 2 nitrogen and oxygen atoms in total. The first-order valence-electron chi connectivity index (χ1n) is 9.07. The van der Waals surface area contributed by atoms with Gasteiger partial charge in [0.05, 0.1) is 0 Å². The molecule has 0 radical (unpaired) electrons. The van der Waals surface area contributed by atoms with E-state index >= 15 is 0 Å². The van der Waals surface area contributed by atoms with Crippen molar-refractivity contribution in [1.82, 2.24) is 10.2 Å². The minimum atomic E-state index is 0.482. The summed E-state index contributed by atoms with van der Waals surface area (Å²) in [5.41, 5.74) is 0.482. The second kappa shape index (κ2) is 5.96. The molecule has 3 rings (SSSR count). The lowest BCUT2D eigenvalue weighted by molar-refractivity contribution is 0.0444. The van der Waals surface area contributed by atoms with Crippen LogP contribution < -0.4 is 5.32 Å². The first-order valence-corrected chi connectivity index (χ1v) is 9.07. The Bertz CT molecular complexity index is 319. The molecule has 1 spiro atoms. The van der Waals surface area contributed by atoms with Gasteiger partial charge in [-0.2, -0.15) is 0 Å². The molecule has 0 bridgehead atoms. The van der Waals surface area contributed by atoms with E-state index in [1.165, 1.54) is 64.6 Å². The second-order valence-electron chi connectivity index (χ2n) is 8.39. The predicted molar refractivity (Wildman–Crippen MR) is 85.9 cm³/mol. The molecule has 116 valence electrons. The highest BCUT2D eigenvalue weighted by molar-refractivity contribution is 5.02. The van der Waals surface area contributed by atoms with Crippen LogP contribution in [0.15, 0.2) is 0 Å². The van der Waals surface area contributed by atoms with Crippen molar-refractivity contribution >= 4 is 0 Å². The summed E-state index contributed by atoms with van der Waals surface area (Å²) in [7, 11) is 0. The van der Waals surface area contributed by atoms with Gasteiger partial charge in [0, 0.05) is 31.2 Å². The maximum absolute atomic E-state index is 3.95. The van der Waals surface area contributed by atoms with Gasteiger partial charge in [-0.25, -0.2) is 0 Å². The molecule has 3 fully saturated rings. The van der Waals surface area contributed by atoms with Gasteiger partial charge in [-0.05, 0) is 43.4 Å². The molecule has 1 saturated heterocycles. The van der Waals surface area contributed by atoms with Crippen LogP contribution in [-0.4, -0.2) is 36.1 Å². The summed E-state index contributed by atoms with van der Waals surface area (Å²) in [5.74, 6) is 2.73. The van der Waals surface area contributed by atoms with Crippen LogP contribution in [0.4, 0.5) is 0 Å². The standard InChI is InChI=1S/C18H34N2/c1-14(2)17-11-19-18(8-4-5-9-18)13-20(17)12-16-7-6-15(3)10-16/h14-17,19H,4-13H2,1-3H3. The fourth-order valence-electron chi connectivity index (χ4n) is 5.08. The number of rotatable bonds is 3. The van der Waals surface area contributed by atoms with E-state index in [1.54, 1.807) is 0 Å². The molecule has 20 heavy (non-hydrogen) atoms. The van der Waals surface area contributed by atoms with E-state index in [1.807, 2.05) is 0 Å². The largest absolute Gasteiger partial charge is 0.308 e. The van der Waals surface area contributed by atoms with Crippen molar-refractivity contribution in [2.75, 3.05) is 19.6 Å². The molecule has 2 aliphatic carbocycles. The van der Waals surface area contributed by atoms with Gasteiger partial charge >= 0.3 is 0 Å². The lowest BCUT2D eigenvalue weighted by atomic mass is 9.88. The third-order valence-corrected chi connectivity index (χ3v) is 6.29. The van der Waals surface area contributed by atoms with Crippen molar-refractivity contribution in [3.05, 3.63) is 0 Å². The quantitative estimate of drug-likeness (QED) is 0.847. The molecule has 1 N–H and O–H groups in total. The van der Waals surface area contributed by atoms with Gasteiger partial charge < -0.3 is 5.32 Å². The van der Waals surface area contributed by atoms with Crippen LogP contribution in [0.1, 0.15) is 65.7 Å². The number of hydrogen-bond acceptors (Lipinski definition) is 2. The lowest BCUT2D eigenvalue weighted by Gasteiger charge is -2.48. The average molecular weight is 278 g/mol. The monoisotopic (exact) mass is 278 g/mol. The highest BCUT2D eigenvalue weighted by Gasteiger charge is 2.42. The molecule has 0 amide bonds. The Balaban J connectivity index is 1.65. The van der Waals surface area contributed by atoms with Crippen molar-refractivity contribution in [2.24, 2.45) is 17.8 Å². The Morgan fingerprint density at radius 2 is 1.95 bits per heavy atom. The van der Waals surface area contributed by atoms with Crippen molar-refractivity contribution in [2.45, 2.75) is 77.3 Å². The molecule has 0 aromatic carbocycles. The van der Waals surface area contributed by atoms with Crippen molar-refractivity contribution in [3.63, 3.8) is 0 Å². The van der Waals surface area contributed by atoms with Gasteiger partial charge in [-0.15, -0.1) is 0 Å². The Morgan fingerprint density at radius 3 is 2.55 bits per heavy atom. The van der Waals surface area contributed by atoms with Crippen LogP contribution >= 0.6 is 0 Å². The fraction of sp³-hybridized carbons (Fsp3) is 1.00. The Hall–Kier alpha value is -0.0800. The molecule has 3 unspecified atom stereocenters. The van der Waals surface area contributed by atoms with E-state index in [2.05, 4.69) is 31.0 Å². The summed E-state index contributed by atoms with van der Waals surface area (Å²) in [6.45, 7) is 11.2. The minimum Gasteiger partial charge on any atom is -0.308 e. The molecule has 3 aliphatic rings. The van der Waals surface area contributed by atoms with Gasteiger partial charge in [-0.3, -0.25) is 4.90 Å². The molecule has 1 heterocycles. The van der Waals surface area contributed by atoms with Gasteiger partial charge in [0.25, 0.3) is 0 Å². The number of nitrogens with one attached hydrogen (secondary N) is 1. The van der Waals surface area contributed by atoms with Crippen LogP contribution in [0.3, 0.4) is 0 Å². The highest BCUT2D eigenvalue weighted by Crippen LogP contribution is 2.37. The molecular weight excluding hydrogens is 244 g/mol. The van der Waals surface area contributed by atoms with Gasteiger partial charge in [0.2, 0.25) is 0 Å². The molecule has 2 heteroatoms. The van der Waals surface area contributed by atoms with Crippen LogP contribution in [0.2, 0.25) is 0 Å². The molecule has 3 atom stereocenters. The summed E-state index contributed by atoms with van der Waals surface area (Å²) < 4.78 is 0. The van der Waals surface area contributed by atoms with Crippen LogP contribution in [0.5, 0.6) is 0 Å². The third kappa shape index (κ3) is 3.06. The maximum atomic E-state index is 3.95. The van der Waals surface area contributed by atoms with Crippen molar-refractivity contribution in [1.29, 1.82) is 0 Å². The Labute approximate surface area is 125 Å². The molecule has 1 aliphatic heterocycles. The third-order valence-electron chi connectivity index (χ3n) is 6.29. The fourth-order valence-corrected chi connectivity index (χ4v) is 5.08. The van der Waals surface area contributed by atoms with E-state index in [-0.39, 0.29) is 0 Å². The zero-order valence-corrected chi connectivity index (χ0v) is 13.8. The first-order chi connectivity index (χ1) is 9.58. The van der Waals surface area contributed by atoms with Crippen LogP contribution in [0, 0.1) is 17.8 Å². The Kier molecular flexibility index (Phi) is 4.42. The zero-order valence-electron chi connectivity index (χ0n) is 13.8. The maximum Gasteiger partial charge on any atom is 0.0309 e. The van der Waals surface area contributed by atoms with Crippen LogP contribution in [-0.2, 0) is 0 Å². The summed E-state index contributed by atoms with van der Waals surface area (Å²) in [5, 5.41) is 3.95. The van der Waals surface area contributed by atoms with Gasteiger partial charge in [-0.1, -0.05) is 40.0 Å². The average Bonchev–Trinajstić information content (AvgIpc) is 2.99. The molecule has 0 aromatic rings. The zero-order chi connectivity index (χ0) is 14.2. The number of hydrogen-bond donors (Lipinski definition) is 1.